The van der Waals surface area contributed by atoms with Gasteiger partial charge in [-0.2, -0.15) is 5.06 Å². The average Bonchev–Trinajstić information content (AvgIpc) is 3.37. The van der Waals surface area contributed by atoms with Crippen LogP contribution in [0, 0.1) is 5.41 Å². The number of carbonyl (C=O) groups is 4. The van der Waals surface area contributed by atoms with Crippen molar-refractivity contribution < 1.29 is 29.2 Å². The Morgan fingerprint density at radius 3 is 2.05 bits per heavy atom. The fourth-order valence-corrected chi connectivity index (χ4v) is 5.29. The van der Waals surface area contributed by atoms with E-state index in [2.05, 4.69) is 0 Å². The molecule has 9 nitrogen and oxygen atoms in total. The molecule has 2 atom stereocenters. The highest BCUT2D eigenvalue weighted by atomic mass is 16.7. The maximum absolute atomic E-state index is 14.2. The van der Waals surface area contributed by atoms with Crippen LogP contribution in [0.1, 0.15) is 29.2 Å². The third kappa shape index (κ3) is 3.75. The summed E-state index contributed by atoms with van der Waals surface area (Å²) in [5, 5.41) is 10.9. The van der Waals surface area contributed by atoms with Crippen LogP contribution in [0.3, 0.4) is 0 Å². The first-order chi connectivity index (χ1) is 17.8. The molecule has 0 saturated carbocycles. The van der Waals surface area contributed by atoms with Gasteiger partial charge < -0.3 is 5.73 Å². The summed E-state index contributed by atoms with van der Waals surface area (Å²) in [7, 11) is 1.25. The number of rotatable bonds is 7. The SMILES string of the molecule is CON(C(=O)C1(C(=O)[C@@H](N)Cc2ccccc2)CC(=O)N(O)C1=O)C1c2ccccc2-c2ccccc21. The van der Waals surface area contributed by atoms with Gasteiger partial charge >= 0.3 is 0 Å². The number of ketones is 1. The topological polar surface area (TPSA) is 130 Å². The fraction of sp³-hybridized carbons (Fsp3) is 0.214. The molecule has 9 heteroatoms. The smallest absolute Gasteiger partial charge is 0.277 e. The molecule has 1 saturated heterocycles. The lowest BCUT2D eigenvalue weighted by Gasteiger charge is -2.35. The predicted molar refractivity (Wildman–Crippen MR) is 131 cm³/mol. The highest BCUT2D eigenvalue weighted by Crippen LogP contribution is 2.48. The van der Waals surface area contributed by atoms with E-state index in [0.717, 1.165) is 27.3 Å². The zero-order chi connectivity index (χ0) is 26.3. The predicted octanol–water partition coefficient (Wildman–Crippen LogP) is 2.42. The number of imide groups is 1. The Balaban J connectivity index is 1.59. The van der Waals surface area contributed by atoms with Crippen LogP contribution >= 0.6 is 0 Å². The van der Waals surface area contributed by atoms with E-state index in [1.54, 1.807) is 30.3 Å². The first-order valence-corrected chi connectivity index (χ1v) is 11.8. The Morgan fingerprint density at radius 1 is 1.00 bits per heavy atom. The highest BCUT2D eigenvalue weighted by molar-refractivity contribution is 6.30. The molecule has 5 rings (SSSR count). The second kappa shape index (κ2) is 9.36. The number of fused-ring (bicyclic) bond motifs is 3. The van der Waals surface area contributed by atoms with Gasteiger partial charge in [0.1, 0.15) is 6.04 Å². The minimum absolute atomic E-state index is 0.0314. The second-order valence-electron chi connectivity index (χ2n) is 9.14. The van der Waals surface area contributed by atoms with Crippen molar-refractivity contribution in [2.75, 3.05) is 7.11 Å². The molecular weight excluding hydrogens is 474 g/mol. The lowest BCUT2D eigenvalue weighted by atomic mass is 9.76. The van der Waals surface area contributed by atoms with E-state index in [0.29, 0.717) is 5.56 Å². The Hall–Kier alpha value is -4.18. The summed E-state index contributed by atoms with van der Waals surface area (Å²) in [5.74, 6) is -4.42. The molecule has 188 valence electrons. The fourth-order valence-electron chi connectivity index (χ4n) is 5.29. The van der Waals surface area contributed by atoms with Crippen LogP contribution in [-0.2, 0) is 30.4 Å². The number of benzene rings is 3. The van der Waals surface area contributed by atoms with E-state index in [1.807, 2.05) is 48.5 Å². The summed E-state index contributed by atoms with van der Waals surface area (Å²) in [6.07, 6.45) is -0.817. The number of Topliss-reactive ketones (excluding diaryl/α,β-unsaturated/α-hetero) is 1. The molecule has 0 aromatic heterocycles. The van der Waals surface area contributed by atoms with Gasteiger partial charge in [0, 0.05) is 0 Å². The van der Waals surface area contributed by atoms with Gasteiger partial charge in [0.05, 0.1) is 19.6 Å². The largest absolute Gasteiger partial charge is 0.321 e. The molecule has 0 bridgehead atoms. The van der Waals surface area contributed by atoms with Crippen molar-refractivity contribution >= 4 is 23.5 Å². The molecule has 1 aliphatic carbocycles. The summed E-state index contributed by atoms with van der Waals surface area (Å²) >= 11 is 0. The van der Waals surface area contributed by atoms with Gasteiger partial charge in [-0.05, 0) is 34.2 Å². The minimum atomic E-state index is -2.57. The van der Waals surface area contributed by atoms with Crippen LogP contribution in [0.15, 0.2) is 78.9 Å². The van der Waals surface area contributed by atoms with E-state index in [-0.39, 0.29) is 11.5 Å². The van der Waals surface area contributed by atoms with Crippen molar-refractivity contribution in [2.24, 2.45) is 11.1 Å². The number of carbonyl (C=O) groups excluding carboxylic acids is 4. The van der Waals surface area contributed by atoms with Crippen LogP contribution in [-0.4, -0.2) is 52.0 Å². The number of nitrogens with zero attached hydrogens (tertiary/aromatic N) is 2. The maximum Gasteiger partial charge on any atom is 0.277 e. The van der Waals surface area contributed by atoms with E-state index in [4.69, 9.17) is 10.6 Å². The van der Waals surface area contributed by atoms with Crippen molar-refractivity contribution in [2.45, 2.75) is 24.9 Å². The maximum atomic E-state index is 14.2. The first-order valence-electron chi connectivity index (χ1n) is 11.8. The molecule has 0 radical (unpaired) electrons. The van der Waals surface area contributed by atoms with Gasteiger partial charge in [-0.15, -0.1) is 0 Å². The van der Waals surface area contributed by atoms with Crippen LogP contribution in [0.2, 0.25) is 0 Å². The molecular formula is C28H25N3O6. The zero-order valence-corrected chi connectivity index (χ0v) is 20.0. The van der Waals surface area contributed by atoms with Gasteiger partial charge in [-0.3, -0.25) is 29.2 Å². The number of hydrogen-bond acceptors (Lipinski definition) is 7. The van der Waals surface area contributed by atoms with E-state index < -0.39 is 47.4 Å². The summed E-state index contributed by atoms with van der Waals surface area (Å²) in [4.78, 5) is 59.3. The number of amides is 3. The van der Waals surface area contributed by atoms with Crippen molar-refractivity contribution in [3.8, 4) is 11.1 Å². The zero-order valence-electron chi connectivity index (χ0n) is 20.0. The Bertz CT molecular complexity index is 1360. The molecule has 37 heavy (non-hydrogen) atoms. The Kier molecular flexibility index (Phi) is 6.20. The molecule has 1 aliphatic heterocycles. The van der Waals surface area contributed by atoms with Crippen molar-refractivity contribution in [3.05, 3.63) is 95.6 Å². The number of hydrogen-bond donors (Lipinski definition) is 2. The molecule has 2 aliphatic rings. The quantitative estimate of drug-likeness (QED) is 0.221. The minimum Gasteiger partial charge on any atom is -0.321 e. The van der Waals surface area contributed by atoms with Gasteiger partial charge in [0.25, 0.3) is 17.7 Å². The molecule has 3 N–H and O–H groups in total. The molecule has 3 amide bonds. The number of nitrogens with two attached hydrogens (primary N) is 1. The van der Waals surface area contributed by atoms with E-state index >= 15 is 0 Å². The van der Waals surface area contributed by atoms with Gasteiger partial charge in [-0.1, -0.05) is 78.9 Å². The third-order valence-corrected chi connectivity index (χ3v) is 7.06. The number of hydroxylamine groups is 4. The van der Waals surface area contributed by atoms with Gasteiger partial charge in [0.2, 0.25) is 5.41 Å². The van der Waals surface area contributed by atoms with Crippen LogP contribution in [0.25, 0.3) is 11.1 Å². The average molecular weight is 500 g/mol. The molecule has 3 aromatic carbocycles. The van der Waals surface area contributed by atoms with Crippen molar-refractivity contribution in [3.63, 3.8) is 0 Å². The van der Waals surface area contributed by atoms with E-state index in [1.165, 1.54) is 7.11 Å². The summed E-state index contributed by atoms with van der Waals surface area (Å²) in [5.41, 5.74) is 7.58. The monoisotopic (exact) mass is 499 g/mol. The molecule has 3 aromatic rings. The molecule has 1 heterocycles. The van der Waals surface area contributed by atoms with Gasteiger partial charge in [-0.25, -0.2) is 5.06 Å². The lowest BCUT2D eigenvalue weighted by Crippen LogP contribution is -2.57. The van der Waals surface area contributed by atoms with E-state index in [9.17, 15) is 24.4 Å². The van der Waals surface area contributed by atoms with Crippen LogP contribution in [0.4, 0.5) is 0 Å². The van der Waals surface area contributed by atoms with Crippen molar-refractivity contribution in [1.29, 1.82) is 0 Å². The Morgan fingerprint density at radius 2 is 1.54 bits per heavy atom. The third-order valence-electron chi connectivity index (χ3n) is 7.06. The van der Waals surface area contributed by atoms with Crippen molar-refractivity contribution in [1.82, 2.24) is 10.1 Å². The standard InChI is InChI=1S/C28H25N3O6/c1-37-31(24-20-13-7-5-11-18(20)19-12-6-8-14-21(19)24)27(35)28(16-23(32)30(36)26(28)34)25(33)22(29)15-17-9-3-2-4-10-17/h2-14,22,24,36H,15-16,29H2,1H3/t22-,28?/m0/s1. The Labute approximate surface area is 213 Å². The van der Waals surface area contributed by atoms with Crippen LogP contribution < -0.4 is 5.73 Å². The summed E-state index contributed by atoms with van der Waals surface area (Å²) in [6.45, 7) is 0. The normalized spacial score (nSPS) is 19.5. The second-order valence-corrected chi connectivity index (χ2v) is 9.14. The highest BCUT2D eigenvalue weighted by Gasteiger charge is 2.65. The lowest BCUT2D eigenvalue weighted by molar-refractivity contribution is -0.199. The molecule has 1 unspecified atom stereocenters. The van der Waals surface area contributed by atoms with Crippen LogP contribution in [0.5, 0.6) is 0 Å². The molecule has 1 fully saturated rings. The van der Waals surface area contributed by atoms with Gasteiger partial charge in [0.15, 0.2) is 5.78 Å². The molecule has 0 spiro atoms. The summed E-state index contributed by atoms with van der Waals surface area (Å²) in [6, 6.07) is 21.6. The summed E-state index contributed by atoms with van der Waals surface area (Å²) < 4.78 is 0. The first kappa shape index (κ1) is 24.5.